The second-order valence-corrected chi connectivity index (χ2v) is 6.53. The molecule has 7 heteroatoms. The summed E-state index contributed by atoms with van der Waals surface area (Å²) in [4.78, 5) is 6.72. The van der Waals surface area contributed by atoms with Gasteiger partial charge in [0.25, 0.3) is 0 Å². The molecule has 1 atom stereocenters. The summed E-state index contributed by atoms with van der Waals surface area (Å²) in [6.45, 7) is 1.76. The van der Waals surface area contributed by atoms with E-state index in [0.29, 0.717) is 17.1 Å². The largest absolute Gasteiger partial charge is 0.416 e. The van der Waals surface area contributed by atoms with Crippen molar-refractivity contribution in [3.63, 3.8) is 0 Å². The molecule has 1 aromatic heterocycles. The van der Waals surface area contributed by atoms with E-state index in [1.54, 1.807) is 0 Å². The van der Waals surface area contributed by atoms with Gasteiger partial charge in [0.1, 0.15) is 5.01 Å². The number of alkyl halides is 3. The van der Waals surface area contributed by atoms with Crippen molar-refractivity contribution in [3.8, 4) is 10.6 Å². The van der Waals surface area contributed by atoms with E-state index >= 15 is 0 Å². The summed E-state index contributed by atoms with van der Waals surface area (Å²) in [5, 5.41) is 12.0. The van der Waals surface area contributed by atoms with Crippen molar-refractivity contribution >= 4 is 11.3 Å². The number of aromatic nitrogens is 1. The van der Waals surface area contributed by atoms with Crippen LogP contribution >= 0.6 is 11.3 Å². The Bertz CT molecular complexity index is 654. The minimum atomic E-state index is -4.32. The third kappa shape index (κ3) is 3.73. The third-order valence-electron chi connectivity index (χ3n) is 4.09. The Hall–Kier alpha value is -1.44. The molecular weight excluding hydrogens is 325 g/mol. The molecule has 1 saturated heterocycles. The molecule has 124 valence electrons. The Labute approximate surface area is 136 Å². The third-order valence-corrected chi connectivity index (χ3v) is 5.03. The molecule has 3 nitrogen and oxygen atoms in total. The first kappa shape index (κ1) is 16.4. The summed E-state index contributed by atoms with van der Waals surface area (Å²) in [7, 11) is 0. The molecule has 0 radical (unpaired) electrons. The quantitative estimate of drug-likeness (QED) is 0.918. The summed E-state index contributed by atoms with van der Waals surface area (Å²) in [5.41, 5.74) is 0.931. The SMILES string of the molecule is OC[C@H]1CCCN1Cc1csc(-c2ccc(C(F)(F)F)cc2)n1. The van der Waals surface area contributed by atoms with Crippen LogP contribution in [0.25, 0.3) is 10.6 Å². The first-order valence-electron chi connectivity index (χ1n) is 7.44. The van der Waals surface area contributed by atoms with Crippen LogP contribution in [0.5, 0.6) is 0 Å². The van der Waals surface area contributed by atoms with Crippen molar-refractivity contribution in [2.45, 2.75) is 31.6 Å². The number of thiazole rings is 1. The zero-order valence-electron chi connectivity index (χ0n) is 12.4. The molecule has 3 rings (SSSR count). The van der Waals surface area contributed by atoms with Gasteiger partial charge < -0.3 is 5.11 Å². The number of hydrogen-bond donors (Lipinski definition) is 1. The maximum absolute atomic E-state index is 12.6. The number of likely N-dealkylation sites (tertiary alicyclic amines) is 1. The van der Waals surface area contributed by atoms with Gasteiger partial charge in [0.2, 0.25) is 0 Å². The van der Waals surface area contributed by atoms with Gasteiger partial charge >= 0.3 is 6.18 Å². The predicted octanol–water partition coefficient (Wildman–Crippen LogP) is 3.79. The Morgan fingerprint density at radius 3 is 2.65 bits per heavy atom. The highest BCUT2D eigenvalue weighted by Gasteiger charge is 2.30. The number of benzene rings is 1. The molecule has 23 heavy (non-hydrogen) atoms. The summed E-state index contributed by atoms with van der Waals surface area (Å²) in [6.07, 6.45) is -2.25. The van der Waals surface area contributed by atoms with Gasteiger partial charge in [-0.1, -0.05) is 12.1 Å². The second kappa shape index (κ2) is 6.59. The number of aliphatic hydroxyl groups excluding tert-OH is 1. The zero-order chi connectivity index (χ0) is 16.4. The van der Waals surface area contributed by atoms with Crippen LogP contribution < -0.4 is 0 Å². The minimum absolute atomic E-state index is 0.149. The maximum Gasteiger partial charge on any atom is 0.416 e. The molecule has 0 spiro atoms. The van der Waals surface area contributed by atoms with Crippen molar-refractivity contribution in [3.05, 3.63) is 40.9 Å². The standard InChI is InChI=1S/C16H17F3N2OS/c17-16(18,19)12-5-3-11(4-6-12)15-20-13(10-23-15)8-21-7-1-2-14(21)9-22/h3-6,10,14,22H,1-2,7-9H2/t14-/m1/s1. The molecule has 0 saturated carbocycles. The molecule has 1 aromatic carbocycles. The van der Waals surface area contributed by atoms with Crippen molar-refractivity contribution in [1.82, 2.24) is 9.88 Å². The van der Waals surface area contributed by atoms with Gasteiger partial charge in [0.05, 0.1) is 17.9 Å². The molecule has 0 bridgehead atoms. The van der Waals surface area contributed by atoms with Crippen LogP contribution in [0.3, 0.4) is 0 Å². The Morgan fingerprint density at radius 2 is 2.00 bits per heavy atom. The van der Waals surface area contributed by atoms with Crippen LogP contribution in [0.4, 0.5) is 13.2 Å². The molecule has 0 aliphatic carbocycles. The first-order chi connectivity index (χ1) is 11.0. The lowest BCUT2D eigenvalue weighted by Crippen LogP contribution is -2.31. The van der Waals surface area contributed by atoms with E-state index in [9.17, 15) is 18.3 Å². The summed E-state index contributed by atoms with van der Waals surface area (Å²) >= 11 is 1.43. The van der Waals surface area contributed by atoms with E-state index in [0.717, 1.165) is 37.2 Å². The summed E-state index contributed by atoms with van der Waals surface area (Å²) < 4.78 is 37.8. The van der Waals surface area contributed by atoms with E-state index < -0.39 is 11.7 Å². The van der Waals surface area contributed by atoms with Crippen LogP contribution in [-0.2, 0) is 12.7 Å². The number of nitrogens with zero attached hydrogens (tertiary/aromatic N) is 2. The maximum atomic E-state index is 12.6. The smallest absolute Gasteiger partial charge is 0.395 e. The van der Waals surface area contributed by atoms with Gasteiger partial charge in [-0.2, -0.15) is 13.2 Å². The lowest BCUT2D eigenvalue weighted by molar-refractivity contribution is -0.137. The van der Waals surface area contributed by atoms with Gasteiger partial charge in [0.15, 0.2) is 0 Å². The Morgan fingerprint density at radius 1 is 1.26 bits per heavy atom. The fourth-order valence-electron chi connectivity index (χ4n) is 2.83. The number of aliphatic hydroxyl groups is 1. The normalized spacial score (nSPS) is 19.4. The molecule has 0 unspecified atom stereocenters. The van der Waals surface area contributed by atoms with Gasteiger partial charge in [-0.05, 0) is 31.5 Å². The fraction of sp³-hybridized carbons (Fsp3) is 0.438. The molecular formula is C16H17F3N2OS. The average molecular weight is 342 g/mol. The van der Waals surface area contributed by atoms with Crippen molar-refractivity contribution < 1.29 is 18.3 Å². The lowest BCUT2D eigenvalue weighted by Gasteiger charge is -2.21. The average Bonchev–Trinajstić information content (AvgIpc) is 3.16. The lowest BCUT2D eigenvalue weighted by atomic mass is 10.1. The molecule has 1 aliphatic heterocycles. The molecule has 1 N–H and O–H groups in total. The topological polar surface area (TPSA) is 36.4 Å². The predicted molar refractivity (Wildman–Crippen MR) is 83.1 cm³/mol. The van der Waals surface area contributed by atoms with Crippen LogP contribution in [0.15, 0.2) is 29.6 Å². The second-order valence-electron chi connectivity index (χ2n) is 5.67. The van der Waals surface area contributed by atoms with E-state index in [1.807, 2.05) is 5.38 Å². The van der Waals surface area contributed by atoms with Crippen LogP contribution in [0.2, 0.25) is 0 Å². The zero-order valence-corrected chi connectivity index (χ0v) is 13.2. The minimum Gasteiger partial charge on any atom is -0.395 e. The highest BCUT2D eigenvalue weighted by molar-refractivity contribution is 7.13. The van der Waals surface area contributed by atoms with Crippen LogP contribution in [0.1, 0.15) is 24.1 Å². The van der Waals surface area contributed by atoms with Gasteiger partial charge in [-0.15, -0.1) is 11.3 Å². The molecule has 2 aromatic rings. The monoisotopic (exact) mass is 342 g/mol. The molecule has 0 amide bonds. The summed E-state index contributed by atoms with van der Waals surface area (Å²) in [6, 6.07) is 5.26. The molecule has 1 aliphatic rings. The number of hydrogen-bond acceptors (Lipinski definition) is 4. The van der Waals surface area contributed by atoms with E-state index in [1.165, 1.54) is 23.5 Å². The fourth-order valence-corrected chi connectivity index (χ4v) is 3.65. The van der Waals surface area contributed by atoms with Crippen molar-refractivity contribution in [1.29, 1.82) is 0 Å². The van der Waals surface area contributed by atoms with Crippen LogP contribution in [0, 0.1) is 0 Å². The number of halogens is 3. The molecule has 2 heterocycles. The van der Waals surface area contributed by atoms with E-state index in [-0.39, 0.29) is 12.6 Å². The first-order valence-corrected chi connectivity index (χ1v) is 8.32. The van der Waals surface area contributed by atoms with Crippen molar-refractivity contribution in [2.24, 2.45) is 0 Å². The van der Waals surface area contributed by atoms with Gasteiger partial charge in [0, 0.05) is 23.5 Å². The highest BCUT2D eigenvalue weighted by Crippen LogP contribution is 2.32. The van der Waals surface area contributed by atoms with Gasteiger partial charge in [-0.3, -0.25) is 4.90 Å². The van der Waals surface area contributed by atoms with E-state index in [4.69, 9.17) is 0 Å². The van der Waals surface area contributed by atoms with Crippen LogP contribution in [-0.4, -0.2) is 34.2 Å². The van der Waals surface area contributed by atoms with Crippen molar-refractivity contribution in [2.75, 3.05) is 13.2 Å². The Balaban J connectivity index is 1.72. The molecule has 1 fully saturated rings. The van der Waals surface area contributed by atoms with E-state index in [2.05, 4.69) is 9.88 Å². The number of rotatable bonds is 4. The summed E-state index contributed by atoms with van der Waals surface area (Å²) in [5.74, 6) is 0. The highest BCUT2D eigenvalue weighted by atomic mass is 32.1. The van der Waals surface area contributed by atoms with Gasteiger partial charge in [-0.25, -0.2) is 4.98 Å². The Kier molecular flexibility index (Phi) is 4.70.